The van der Waals surface area contributed by atoms with Crippen LogP contribution in [0.15, 0.2) is 115 Å². The Bertz CT molecular complexity index is 1220. The van der Waals surface area contributed by atoms with Crippen molar-refractivity contribution < 1.29 is 9.53 Å². The van der Waals surface area contributed by atoms with Crippen molar-refractivity contribution in [1.29, 1.82) is 0 Å². The third-order valence-electron chi connectivity index (χ3n) is 7.71. The summed E-state index contributed by atoms with van der Waals surface area (Å²) in [6.07, 6.45) is 2.55. The van der Waals surface area contributed by atoms with E-state index < -0.39 is 5.41 Å². The normalized spacial score (nSPS) is 12.6. The summed E-state index contributed by atoms with van der Waals surface area (Å²) >= 11 is 0. The highest BCUT2D eigenvalue weighted by molar-refractivity contribution is 5.76. The monoisotopic (exact) mass is 490 g/mol. The number of carbonyl (C=O) groups excluding carboxylic acids is 1. The van der Waals surface area contributed by atoms with Gasteiger partial charge in [0, 0.05) is 5.41 Å². The van der Waals surface area contributed by atoms with Crippen LogP contribution >= 0.6 is 0 Å². The van der Waals surface area contributed by atoms with Crippen LogP contribution in [-0.2, 0) is 14.9 Å². The maximum Gasteiger partial charge on any atom is 0.311 e. The van der Waals surface area contributed by atoms with Crippen molar-refractivity contribution in [1.82, 2.24) is 0 Å². The van der Waals surface area contributed by atoms with Crippen molar-refractivity contribution in [2.45, 2.75) is 51.4 Å². The summed E-state index contributed by atoms with van der Waals surface area (Å²) in [6.45, 7) is 6.28. The SMILES string of the molecule is CCC(CC(CC(C)(C)C(=O)OC)(c1ccccc1)c1ccccc1)c1ccc(-c2ccccc2)cc1. The molecule has 2 heteroatoms. The van der Waals surface area contributed by atoms with E-state index in [2.05, 4.69) is 116 Å². The minimum Gasteiger partial charge on any atom is -0.469 e. The molecule has 0 bridgehead atoms. The molecule has 1 atom stereocenters. The first kappa shape index (κ1) is 26.4. The molecule has 0 aliphatic carbocycles. The van der Waals surface area contributed by atoms with E-state index in [1.807, 2.05) is 19.9 Å². The van der Waals surface area contributed by atoms with Gasteiger partial charge in [-0.05, 0) is 66.8 Å². The fourth-order valence-electron chi connectivity index (χ4n) is 5.79. The molecule has 0 aliphatic heterocycles. The molecule has 0 radical (unpaired) electrons. The molecule has 2 nitrogen and oxygen atoms in total. The summed E-state index contributed by atoms with van der Waals surface area (Å²) < 4.78 is 5.26. The smallest absolute Gasteiger partial charge is 0.311 e. The van der Waals surface area contributed by atoms with Gasteiger partial charge >= 0.3 is 5.97 Å². The van der Waals surface area contributed by atoms with E-state index in [-0.39, 0.29) is 11.4 Å². The number of carbonyl (C=O) groups is 1. The standard InChI is InChI=1S/C35H38O2/c1-5-27(29-21-23-30(24-22-29)28-15-9-6-10-16-28)25-35(31-17-11-7-12-18-31,32-19-13-8-14-20-32)26-34(2,3)33(36)37-4/h6-24,27H,5,25-26H2,1-4H3. The Kier molecular flexibility index (Phi) is 8.28. The lowest BCUT2D eigenvalue weighted by Gasteiger charge is -2.42. The van der Waals surface area contributed by atoms with Gasteiger partial charge in [-0.25, -0.2) is 0 Å². The van der Waals surface area contributed by atoms with Crippen molar-refractivity contribution in [2.75, 3.05) is 7.11 Å². The topological polar surface area (TPSA) is 26.3 Å². The highest BCUT2D eigenvalue weighted by atomic mass is 16.5. The van der Waals surface area contributed by atoms with Gasteiger partial charge in [0.15, 0.2) is 0 Å². The third-order valence-corrected chi connectivity index (χ3v) is 7.71. The fraction of sp³-hybridized carbons (Fsp3) is 0.286. The maximum atomic E-state index is 12.9. The van der Waals surface area contributed by atoms with E-state index in [0.29, 0.717) is 12.3 Å². The molecule has 0 heterocycles. The van der Waals surface area contributed by atoms with Crippen LogP contribution in [0.4, 0.5) is 0 Å². The number of ether oxygens (including phenoxy) is 1. The van der Waals surface area contributed by atoms with E-state index in [1.165, 1.54) is 34.9 Å². The second kappa shape index (κ2) is 11.6. The molecule has 4 aromatic carbocycles. The first-order chi connectivity index (χ1) is 17.9. The summed E-state index contributed by atoms with van der Waals surface area (Å²) in [7, 11) is 1.49. The van der Waals surface area contributed by atoms with Crippen LogP contribution in [0.3, 0.4) is 0 Å². The van der Waals surface area contributed by atoms with Crippen LogP contribution < -0.4 is 0 Å². The minimum absolute atomic E-state index is 0.177. The quantitative estimate of drug-likeness (QED) is 0.208. The number of hydrogen-bond acceptors (Lipinski definition) is 2. The molecular formula is C35H38O2. The zero-order valence-electron chi connectivity index (χ0n) is 22.5. The zero-order chi connectivity index (χ0) is 26.3. The van der Waals surface area contributed by atoms with Gasteiger partial charge in [-0.1, -0.05) is 122 Å². The molecule has 0 amide bonds. The molecule has 1 unspecified atom stereocenters. The number of hydrogen-bond donors (Lipinski definition) is 0. The molecule has 190 valence electrons. The van der Waals surface area contributed by atoms with Gasteiger partial charge in [0.05, 0.1) is 12.5 Å². The van der Waals surface area contributed by atoms with Gasteiger partial charge in [0.1, 0.15) is 0 Å². The summed E-state index contributed by atoms with van der Waals surface area (Å²) in [5.41, 5.74) is 5.23. The first-order valence-corrected chi connectivity index (χ1v) is 13.2. The van der Waals surface area contributed by atoms with Crippen molar-refractivity contribution >= 4 is 5.97 Å². The Balaban J connectivity index is 1.80. The second-order valence-corrected chi connectivity index (χ2v) is 10.7. The molecule has 4 aromatic rings. The Morgan fingerprint density at radius 3 is 1.62 bits per heavy atom. The summed E-state index contributed by atoms with van der Waals surface area (Å²) in [6, 6.07) is 40.9. The van der Waals surface area contributed by atoms with Crippen LogP contribution in [0.1, 0.15) is 62.6 Å². The Hall–Kier alpha value is -3.65. The van der Waals surface area contributed by atoms with Crippen LogP contribution in [-0.4, -0.2) is 13.1 Å². The van der Waals surface area contributed by atoms with Crippen LogP contribution in [0, 0.1) is 5.41 Å². The van der Waals surface area contributed by atoms with Crippen LogP contribution in [0.5, 0.6) is 0 Å². The van der Waals surface area contributed by atoms with Gasteiger partial charge in [0.25, 0.3) is 0 Å². The first-order valence-electron chi connectivity index (χ1n) is 13.2. The van der Waals surface area contributed by atoms with E-state index in [9.17, 15) is 4.79 Å². The molecule has 0 aliphatic rings. The van der Waals surface area contributed by atoms with Crippen LogP contribution in [0.25, 0.3) is 11.1 Å². The number of rotatable bonds is 10. The van der Waals surface area contributed by atoms with E-state index in [4.69, 9.17) is 4.74 Å². The predicted octanol–water partition coefficient (Wildman–Crippen LogP) is 8.81. The lowest BCUT2D eigenvalue weighted by atomic mass is 9.61. The van der Waals surface area contributed by atoms with Crippen LogP contribution in [0.2, 0.25) is 0 Å². The molecular weight excluding hydrogens is 452 g/mol. The Morgan fingerprint density at radius 1 is 0.703 bits per heavy atom. The predicted molar refractivity (Wildman–Crippen MR) is 154 cm³/mol. The highest BCUT2D eigenvalue weighted by Gasteiger charge is 2.44. The summed E-state index contributed by atoms with van der Waals surface area (Å²) in [4.78, 5) is 12.9. The number of methoxy groups -OCH3 is 1. The molecule has 0 N–H and O–H groups in total. The maximum absolute atomic E-state index is 12.9. The molecule has 0 saturated carbocycles. The van der Waals surface area contributed by atoms with Gasteiger partial charge < -0.3 is 4.74 Å². The number of benzene rings is 4. The van der Waals surface area contributed by atoms with E-state index >= 15 is 0 Å². The molecule has 0 aromatic heterocycles. The summed E-state index contributed by atoms with van der Waals surface area (Å²) in [5, 5.41) is 0. The molecule has 37 heavy (non-hydrogen) atoms. The molecule has 0 saturated heterocycles. The Morgan fingerprint density at radius 2 is 1.16 bits per heavy atom. The average Bonchev–Trinajstić information content (AvgIpc) is 2.96. The third kappa shape index (κ3) is 5.85. The molecule has 4 rings (SSSR count). The van der Waals surface area contributed by atoms with Gasteiger partial charge in [-0.2, -0.15) is 0 Å². The van der Waals surface area contributed by atoms with Crippen molar-refractivity contribution in [3.8, 4) is 11.1 Å². The van der Waals surface area contributed by atoms with E-state index in [1.54, 1.807) is 0 Å². The van der Waals surface area contributed by atoms with Crippen molar-refractivity contribution in [3.63, 3.8) is 0 Å². The highest BCUT2D eigenvalue weighted by Crippen LogP contribution is 2.49. The molecule has 0 spiro atoms. The Labute approximate surface area is 222 Å². The minimum atomic E-state index is -0.657. The fourth-order valence-corrected chi connectivity index (χ4v) is 5.79. The second-order valence-electron chi connectivity index (χ2n) is 10.7. The largest absolute Gasteiger partial charge is 0.469 e. The van der Waals surface area contributed by atoms with Gasteiger partial charge in [-0.15, -0.1) is 0 Å². The van der Waals surface area contributed by atoms with Gasteiger partial charge in [-0.3, -0.25) is 4.79 Å². The summed E-state index contributed by atoms with van der Waals surface area (Å²) in [5.74, 6) is 0.141. The van der Waals surface area contributed by atoms with E-state index in [0.717, 1.165) is 12.8 Å². The molecule has 0 fully saturated rings. The van der Waals surface area contributed by atoms with Gasteiger partial charge in [0.2, 0.25) is 0 Å². The van der Waals surface area contributed by atoms with Crippen molar-refractivity contribution in [3.05, 3.63) is 132 Å². The van der Waals surface area contributed by atoms with Crippen molar-refractivity contribution in [2.24, 2.45) is 5.41 Å². The lowest BCUT2D eigenvalue weighted by molar-refractivity contribution is -0.151. The number of esters is 1. The average molecular weight is 491 g/mol. The zero-order valence-corrected chi connectivity index (χ0v) is 22.5. The lowest BCUT2D eigenvalue weighted by Crippen LogP contribution is -2.39.